The molecule has 0 radical (unpaired) electrons. The normalized spacial score (nSPS) is 20.3. The van der Waals surface area contributed by atoms with Crippen LogP contribution >= 0.6 is 0 Å². The molecule has 1 aliphatic heterocycles. The molecular formula is C12H20N2O4. The average Bonchev–Trinajstić information content (AvgIpc) is 2.49. The minimum Gasteiger partial charge on any atom is -0.481 e. The summed E-state index contributed by atoms with van der Waals surface area (Å²) in [7, 11) is 1.71. The Bertz CT molecular complexity index is 356. The lowest BCUT2D eigenvalue weighted by molar-refractivity contribution is -0.149. The van der Waals surface area contributed by atoms with Crippen molar-refractivity contribution in [2.45, 2.75) is 20.3 Å². The van der Waals surface area contributed by atoms with E-state index in [1.165, 1.54) is 11.8 Å². The van der Waals surface area contributed by atoms with Gasteiger partial charge in [-0.25, -0.2) is 0 Å². The van der Waals surface area contributed by atoms with Gasteiger partial charge in [-0.15, -0.1) is 0 Å². The maximum atomic E-state index is 12.1. The number of carbonyl (C=O) groups excluding carboxylic acids is 2. The van der Waals surface area contributed by atoms with E-state index in [1.807, 2.05) is 0 Å². The molecule has 2 unspecified atom stereocenters. The van der Waals surface area contributed by atoms with Crippen LogP contribution in [-0.2, 0) is 14.4 Å². The second kappa shape index (κ2) is 5.84. The van der Waals surface area contributed by atoms with Crippen molar-refractivity contribution in [2.75, 3.05) is 26.7 Å². The van der Waals surface area contributed by atoms with Crippen LogP contribution in [0.2, 0.25) is 0 Å². The lowest BCUT2D eigenvalue weighted by Crippen LogP contribution is -2.42. The summed E-state index contributed by atoms with van der Waals surface area (Å²) in [5, 5.41) is 8.90. The highest BCUT2D eigenvalue weighted by Crippen LogP contribution is 2.16. The van der Waals surface area contributed by atoms with Gasteiger partial charge in [-0.2, -0.15) is 0 Å². The molecule has 0 aromatic heterocycles. The van der Waals surface area contributed by atoms with Gasteiger partial charge >= 0.3 is 5.97 Å². The third-order valence-electron chi connectivity index (χ3n) is 3.51. The fourth-order valence-electron chi connectivity index (χ4n) is 1.89. The van der Waals surface area contributed by atoms with Crippen LogP contribution in [0.3, 0.4) is 0 Å². The first-order valence-electron chi connectivity index (χ1n) is 6.10. The van der Waals surface area contributed by atoms with E-state index in [9.17, 15) is 14.4 Å². The largest absolute Gasteiger partial charge is 0.481 e. The quantitative estimate of drug-likeness (QED) is 0.773. The molecule has 0 bridgehead atoms. The zero-order chi connectivity index (χ0) is 13.9. The van der Waals surface area contributed by atoms with E-state index in [1.54, 1.807) is 18.9 Å². The maximum Gasteiger partial charge on any atom is 0.307 e. The van der Waals surface area contributed by atoms with Crippen molar-refractivity contribution in [3.8, 4) is 0 Å². The van der Waals surface area contributed by atoms with Crippen LogP contribution in [0.5, 0.6) is 0 Å². The highest BCUT2D eigenvalue weighted by Gasteiger charge is 2.31. The molecule has 1 N–H and O–H groups in total. The molecule has 0 aromatic rings. The average molecular weight is 256 g/mol. The van der Waals surface area contributed by atoms with Gasteiger partial charge < -0.3 is 14.9 Å². The van der Waals surface area contributed by atoms with Gasteiger partial charge in [-0.05, 0) is 6.42 Å². The Morgan fingerprint density at radius 2 is 1.83 bits per heavy atom. The Labute approximate surface area is 107 Å². The summed E-state index contributed by atoms with van der Waals surface area (Å²) in [6, 6.07) is 0. The molecular weight excluding hydrogens is 236 g/mol. The Balaban J connectivity index is 2.71. The van der Waals surface area contributed by atoms with Crippen LogP contribution in [0.15, 0.2) is 0 Å². The van der Waals surface area contributed by atoms with Crippen LogP contribution in [0, 0.1) is 11.8 Å². The summed E-state index contributed by atoms with van der Waals surface area (Å²) < 4.78 is 0. The lowest BCUT2D eigenvalue weighted by atomic mass is 9.94. The number of amides is 2. The maximum absolute atomic E-state index is 12.1. The minimum absolute atomic E-state index is 0.0476. The highest BCUT2D eigenvalue weighted by molar-refractivity contribution is 5.88. The Kier molecular flexibility index (Phi) is 4.69. The molecule has 1 heterocycles. The second-order valence-electron chi connectivity index (χ2n) is 4.84. The van der Waals surface area contributed by atoms with E-state index in [-0.39, 0.29) is 18.4 Å². The van der Waals surface area contributed by atoms with Crippen molar-refractivity contribution in [3.63, 3.8) is 0 Å². The van der Waals surface area contributed by atoms with E-state index >= 15 is 0 Å². The van der Waals surface area contributed by atoms with E-state index in [0.29, 0.717) is 13.1 Å². The number of carbonyl (C=O) groups is 3. The molecule has 2 amide bonds. The summed E-state index contributed by atoms with van der Waals surface area (Å²) in [6.45, 7) is 4.29. The van der Waals surface area contributed by atoms with E-state index in [2.05, 4.69) is 0 Å². The first-order chi connectivity index (χ1) is 8.34. The first-order valence-corrected chi connectivity index (χ1v) is 6.10. The van der Waals surface area contributed by atoms with Gasteiger partial charge in [0.15, 0.2) is 0 Å². The third kappa shape index (κ3) is 3.21. The fraction of sp³-hybridized carbons (Fsp3) is 0.750. The first kappa shape index (κ1) is 14.5. The molecule has 0 spiro atoms. The highest BCUT2D eigenvalue weighted by atomic mass is 16.4. The van der Waals surface area contributed by atoms with Crippen LogP contribution in [0.1, 0.15) is 20.3 Å². The number of hydrogen-bond acceptors (Lipinski definition) is 3. The Hall–Kier alpha value is -1.59. The number of carboxylic acids is 1. The molecule has 0 aromatic carbocycles. The molecule has 1 fully saturated rings. The summed E-state index contributed by atoms with van der Waals surface area (Å²) in [4.78, 5) is 37.7. The number of aliphatic carboxylic acids is 1. The predicted molar refractivity (Wildman–Crippen MR) is 64.8 cm³/mol. The number of nitrogens with zero attached hydrogens (tertiary/aromatic N) is 2. The SMILES string of the molecule is CC(C(=O)O)C(C)C(=O)N1CCCN(C)C(=O)C1. The molecule has 6 nitrogen and oxygen atoms in total. The minimum atomic E-state index is -0.992. The third-order valence-corrected chi connectivity index (χ3v) is 3.51. The topological polar surface area (TPSA) is 77.9 Å². The van der Waals surface area contributed by atoms with Crippen molar-refractivity contribution in [1.29, 1.82) is 0 Å². The van der Waals surface area contributed by atoms with Gasteiger partial charge in [0, 0.05) is 26.1 Å². The summed E-state index contributed by atoms with van der Waals surface area (Å²) in [5.41, 5.74) is 0. The Morgan fingerprint density at radius 3 is 2.39 bits per heavy atom. The van der Waals surface area contributed by atoms with Crippen molar-refractivity contribution in [2.24, 2.45) is 11.8 Å². The molecule has 6 heteroatoms. The summed E-state index contributed by atoms with van der Waals surface area (Å²) in [6.07, 6.45) is 0.724. The van der Waals surface area contributed by atoms with Gasteiger partial charge in [0.25, 0.3) is 0 Å². The van der Waals surface area contributed by atoms with Gasteiger partial charge in [-0.3, -0.25) is 14.4 Å². The number of rotatable bonds is 3. The predicted octanol–water partition coefficient (Wildman–Crippen LogP) is 0.0339. The van der Waals surface area contributed by atoms with Gasteiger partial charge in [-0.1, -0.05) is 13.8 Å². The zero-order valence-corrected chi connectivity index (χ0v) is 11.0. The van der Waals surface area contributed by atoms with Crippen LogP contribution in [-0.4, -0.2) is 59.4 Å². The summed E-state index contributed by atoms with van der Waals surface area (Å²) >= 11 is 0. The summed E-state index contributed by atoms with van der Waals surface area (Å²) in [5.74, 6) is -2.70. The molecule has 102 valence electrons. The van der Waals surface area contributed by atoms with Gasteiger partial charge in [0.1, 0.15) is 0 Å². The van der Waals surface area contributed by atoms with Crippen molar-refractivity contribution < 1.29 is 19.5 Å². The number of hydrogen-bond donors (Lipinski definition) is 1. The number of likely N-dealkylation sites (N-methyl/N-ethyl adjacent to an activating group) is 1. The Morgan fingerprint density at radius 1 is 1.22 bits per heavy atom. The van der Waals surface area contributed by atoms with E-state index < -0.39 is 17.8 Å². The molecule has 0 aliphatic carbocycles. The van der Waals surface area contributed by atoms with E-state index in [0.717, 1.165) is 6.42 Å². The van der Waals surface area contributed by atoms with Gasteiger partial charge in [0.2, 0.25) is 11.8 Å². The molecule has 0 saturated carbocycles. The van der Waals surface area contributed by atoms with Crippen LogP contribution in [0.25, 0.3) is 0 Å². The van der Waals surface area contributed by atoms with E-state index in [4.69, 9.17) is 5.11 Å². The molecule has 18 heavy (non-hydrogen) atoms. The molecule has 2 atom stereocenters. The number of carboxylic acid groups (broad SMARTS) is 1. The standard InChI is InChI=1S/C12H20N2O4/c1-8(9(2)12(17)18)11(16)14-6-4-5-13(3)10(15)7-14/h8-9H,4-7H2,1-3H3,(H,17,18). The van der Waals surface area contributed by atoms with Crippen molar-refractivity contribution in [1.82, 2.24) is 9.80 Å². The molecule has 1 rings (SSSR count). The van der Waals surface area contributed by atoms with Crippen LogP contribution in [0.4, 0.5) is 0 Å². The second-order valence-corrected chi connectivity index (χ2v) is 4.84. The molecule has 1 saturated heterocycles. The molecule has 1 aliphatic rings. The van der Waals surface area contributed by atoms with Crippen molar-refractivity contribution in [3.05, 3.63) is 0 Å². The lowest BCUT2D eigenvalue weighted by Gasteiger charge is -2.25. The van der Waals surface area contributed by atoms with Crippen LogP contribution < -0.4 is 0 Å². The van der Waals surface area contributed by atoms with Gasteiger partial charge in [0.05, 0.1) is 12.5 Å². The zero-order valence-electron chi connectivity index (χ0n) is 11.0. The smallest absolute Gasteiger partial charge is 0.307 e. The van der Waals surface area contributed by atoms with Crippen molar-refractivity contribution >= 4 is 17.8 Å². The monoisotopic (exact) mass is 256 g/mol. The fourth-order valence-corrected chi connectivity index (χ4v) is 1.89.